The van der Waals surface area contributed by atoms with Crippen LogP contribution in [0.2, 0.25) is 0 Å². The smallest absolute Gasteiger partial charge is 0.194 e. The first kappa shape index (κ1) is 23.8. The number of guanidine groups is 1. The number of hydrogen-bond donors (Lipinski definition) is 2. The molecule has 0 amide bonds. The van der Waals surface area contributed by atoms with Crippen molar-refractivity contribution in [1.82, 2.24) is 25.0 Å². The van der Waals surface area contributed by atoms with Crippen LogP contribution >= 0.6 is 24.0 Å². The Morgan fingerprint density at radius 1 is 1.06 bits per heavy atom. The van der Waals surface area contributed by atoms with Crippen molar-refractivity contribution in [2.75, 3.05) is 37.6 Å². The van der Waals surface area contributed by atoms with E-state index in [1.165, 1.54) is 11.1 Å². The Morgan fingerprint density at radius 2 is 1.84 bits per heavy atom. The van der Waals surface area contributed by atoms with E-state index in [4.69, 9.17) is 4.99 Å². The van der Waals surface area contributed by atoms with Crippen LogP contribution < -0.4 is 10.2 Å². The Morgan fingerprint density at radius 3 is 2.56 bits per heavy atom. The number of aliphatic imine (C=N–C) groups is 1. The highest BCUT2D eigenvalue weighted by Gasteiger charge is 2.21. The summed E-state index contributed by atoms with van der Waals surface area (Å²) in [6, 6.07) is 16.0. The zero-order chi connectivity index (χ0) is 21.5. The number of anilines is 1. The molecule has 4 rings (SSSR count). The van der Waals surface area contributed by atoms with E-state index in [0.717, 1.165) is 44.4 Å². The van der Waals surface area contributed by atoms with Crippen molar-refractivity contribution in [3.05, 3.63) is 72.3 Å². The van der Waals surface area contributed by atoms with Crippen LogP contribution in [-0.4, -0.2) is 63.5 Å². The van der Waals surface area contributed by atoms with E-state index >= 15 is 0 Å². The van der Waals surface area contributed by atoms with Crippen molar-refractivity contribution in [2.24, 2.45) is 4.99 Å². The van der Waals surface area contributed by atoms with E-state index in [9.17, 15) is 5.11 Å². The molecular formula is C23H30IN7O. The number of nitrogens with one attached hydrogen (secondary N) is 1. The number of nitrogens with zero attached hydrogens (tertiary/aromatic N) is 6. The van der Waals surface area contributed by atoms with Gasteiger partial charge in [0.1, 0.15) is 18.4 Å². The van der Waals surface area contributed by atoms with E-state index in [-0.39, 0.29) is 24.0 Å². The number of piperazine rings is 1. The molecule has 0 unspecified atom stereocenters. The van der Waals surface area contributed by atoms with Gasteiger partial charge in [-0.25, -0.2) is 14.7 Å². The maximum atomic E-state index is 10.1. The number of phenolic OH excluding ortho intramolecular Hbond substituents is 1. The number of phenols is 1. The first-order valence-electron chi connectivity index (χ1n) is 10.7. The van der Waals surface area contributed by atoms with Crippen LogP contribution in [0.5, 0.6) is 5.75 Å². The monoisotopic (exact) mass is 547 g/mol. The SMILES string of the molecule is CCNC(=NCc1cccc(Cn2cncn2)c1)N1CCN(c2ccccc2O)CC1.I. The zero-order valence-corrected chi connectivity index (χ0v) is 20.6. The third-order valence-electron chi connectivity index (χ3n) is 5.35. The summed E-state index contributed by atoms with van der Waals surface area (Å²) in [4.78, 5) is 13.4. The minimum Gasteiger partial charge on any atom is -0.506 e. The standard InChI is InChI=1S/C23H29N7O.HI/c1-2-25-23(29-12-10-28(11-13-29)21-8-3-4-9-22(21)31)26-15-19-6-5-7-20(14-19)16-30-18-24-17-27-30;/h3-9,14,17-18,31H,2,10-13,15-16H2,1H3,(H,25,26);1H. The molecule has 2 N–H and O–H groups in total. The minimum absolute atomic E-state index is 0. The Hall–Kier alpha value is -2.82. The molecule has 0 bridgehead atoms. The lowest BCUT2D eigenvalue weighted by molar-refractivity contribution is 0.369. The fourth-order valence-corrected chi connectivity index (χ4v) is 3.81. The van der Waals surface area contributed by atoms with Crippen molar-refractivity contribution in [2.45, 2.75) is 20.0 Å². The van der Waals surface area contributed by atoms with Gasteiger partial charge in [-0.15, -0.1) is 24.0 Å². The van der Waals surface area contributed by atoms with Gasteiger partial charge in [0.05, 0.1) is 18.8 Å². The van der Waals surface area contributed by atoms with E-state index < -0.39 is 0 Å². The molecule has 1 aromatic heterocycles. The highest BCUT2D eigenvalue weighted by molar-refractivity contribution is 14.0. The molecule has 2 aromatic carbocycles. The lowest BCUT2D eigenvalue weighted by atomic mass is 10.1. The molecule has 8 nitrogen and oxygen atoms in total. The largest absolute Gasteiger partial charge is 0.506 e. The molecule has 1 fully saturated rings. The molecule has 9 heteroatoms. The summed E-state index contributed by atoms with van der Waals surface area (Å²) in [6.07, 6.45) is 3.28. The molecular weight excluding hydrogens is 517 g/mol. The number of benzene rings is 2. The van der Waals surface area contributed by atoms with Crippen molar-refractivity contribution in [3.63, 3.8) is 0 Å². The Balaban J connectivity index is 0.00000289. The minimum atomic E-state index is 0. The molecule has 0 spiro atoms. The van der Waals surface area contributed by atoms with Crippen molar-refractivity contribution in [3.8, 4) is 5.75 Å². The maximum Gasteiger partial charge on any atom is 0.194 e. The van der Waals surface area contributed by atoms with Crippen molar-refractivity contribution < 1.29 is 5.11 Å². The number of hydrogen-bond acceptors (Lipinski definition) is 5. The van der Waals surface area contributed by atoms with Crippen LogP contribution in [0.15, 0.2) is 66.2 Å². The summed E-state index contributed by atoms with van der Waals surface area (Å²) >= 11 is 0. The highest BCUT2D eigenvalue weighted by Crippen LogP contribution is 2.27. The number of aromatic nitrogens is 3. The van der Waals surface area contributed by atoms with Gasteiger partial charge in [0.2, 0.25) is 0 Å². The molecule has 0 radical (unpaired) electrons. The zero-order valence-electron chi connectivity index (χ0n) is 18.3. The highest BCUT2D eigenvalue weighted by atomic mass is 127. The molecule has 1 aliphatic rings. The molecule has 170 valence electrons. The Labute approximate surface area is 206 Å². The number of halogens is 1. The summed E-state index contributed by atoms with van der Waals surface area (Å²) in [5.74, 6) is 1.27. The molecule has 32 heavy (non-hydrogen) atoms. The van der Waals surface area contributed by atoms with Crippen LogP contribution in [0.3, 0.4) is 0 Å². The molecule has 2 heterocycles. The van der Waals surface area contributed by atoms with Gasteiger partial charge in [-0.3, -0.25) is 0 Å². The lowest BCUT2D eigenvalue weighted by Gasteiger charge is -2.37. The molecule has 0 saturated carbocycles. The average Bonchev–Trinajstić information content (AvgIpc) is 3.30. The van der Waals surface area contributed by atoms with Gasteiger partial charge in [0.15, 0.2) is 5.96 Å². The Bertz CT molecular complexity index is 1000. The fourth-order valence-electron chi connectivity index (χ4n) is 3.81. The van der Waals surface area contributed by atoms with E-state index in [0.29, 0.717) is 18.8 Å². The van der Waals surface area contributed by atoms with Gasteiger partial charge in [0.25, 0.3) is 0 Å². The van der Waals surface area contributed by atoms with Crippen molar-refractivity contribution in [1.29, 1.82) is 0 Å². The third kappa shape index (κ3) is 6.12. The quantitative estimate of drug-likeness (QED) is 0.281. The average molecular weight is 547 g/mol. The first-order valence-corrected chi connectivity index (χ1v) is 10.7. The van der Waals surface area contributed by atoms with Gasteiger partial charge < -0.3 is 20.2 Å². The first-order chi connectivity index (χ1) is 15.2. The van der Waals surface area contributed by atoms with Crippen LogP contribution in [-0.2, 0) is 13.1 Å². The summed E-state index contributed by atoms with van der Waals surface area (Å²) in [5, 5.41) is 17.7. The molecule has 1 saturated heterocycles. The summed E-state index contributed by atoms with van der Waals surface area (Å²) in [6.45, 7) is 7.63. The molecule has 0 aliphatic carbocycles. The van der Waals surface area contributed by atoms with Crippen LogP contribution in [0.25, 0.3) is 0 Å². The third-order valence-corrected chi connectivity index (χ3v) is 5.35. The van der Waals surface area contributed by atoms with Gasteiger partial charge >= 0.3 is 0 Å². The van der Waals surface area contributed by atoms with Crippen molar-refractivity contribution >= 4 is 35.6 Å². The predicted molar refractivity (Wildman–Crippen MR) is 138 cm³/mol. The van der Waals surface area contributed by atoms with E-state index in [2.05, 4.69) is 56.4 Å². The molecule has 3 aromatic rings. The van der Waals surface area contributed by atoms with Crippen LogP contribution in [0.1, 0.15) is 18.1 Å². The Kier molecular flexibility index (Phi) is 8.72. The number of rotatable bonds is 6. The fraction of sp³-hybridized carbons (Fsp3) is 0.348. The number of para-hydroxylation sites is 2. The summed E-state index contributed by atoms with van der Waals surface area (Å²) < 4.78 is 1.82. The van der Waals surface area contributed by atoms with E-state index in [1.54, 1.807) is 18.7 Å². The molecule has 0 atom stereocenters. The van der Waals surface area contributed by atoms with Gasteiger partial charge in [0, 0.05) is 32.7 Å². The van der Waals surface area contributed by atoms with E-state index in [1.807, 2.05) is 22.9 Å². The predicted octanol–water partition coefficient (Wildman–Crippen LogP) is 2.94. The second kappa shape index (κ2) is 11.7. The normalized spacial score (nSPS) is 14.2. The topological polar surface area (TPSA) is 81.8 Å². The second-order valence-electron chi connectivity index (χ2n) is 7.55. The summed E-state index contributed by atoms with van der Waals surface area (Å²) in [7, 11) is 0. The van der Waals surface area contributed by atoms with Gasteiger partial charge in [-0.1, -0.05) is 36.4 Å². The second-order valence-corrected chi connectivity index (χ2v) is 7.55. The van der Waals surface area contributed by atoms with Gasteiger partial charge in [-0.2, -0.15) is 5.10 Å². The van der Waals surface area contributed by atoms with Gasteiger partial charge in [-0.05, 0) is 30.2 Å². The van der Waals surface area contributed by atoms with Crippen LogP contribution in [0.4, 0.5) is 5.69 Å². The number of aromatic hydroxyl groups is 1. The summed E-state index contributed by atoms with van der Waals surface area (Å²) in [5.41, 5.74) is 3.24. The lowest BCUT2D eigenvalue weighted by Crippen LogP contribution is -2.52. The molecule has 1 aliphatic heterocycles. The maximum absolute atomic E-state index is 10.1. The van der Waals surface area contributed by atoms with Crippen LogP contribution in [0, 0.1) is 0 Å².